The van der Waals surface area contributed by atoms with Gasteiger partial charge in [-0.2, -0.15) is 13.2 Å². The first kappa shape index (κ1) is 31.5. The number of nitrogens with one attached hydrogen (secondary N) is 2. The number of fused-ring (bicyclic) bond motifs is 1. The number of urea groups is 1. The van der Waals surface area contributed by atoms with Crippen LogP contribution in [0.1, 0.15) is 62.1 Å². The van der Waals surface area contributed by atoms with Crippen LogP contribution in [0.5, 0.6) is 0 Å². The smallest absolute Gasteiger partial charge is 0.352 e. The number of nitrogens with zero attached hydrogens (tertiary/aromatic N) is 2. The maximum atomic E-state index is 14.6. The zero-order chi connectivity index (χ0) is 31.7. The molecule has 9 nitrogen and oxygen atoms in total. The first-order valence-electron chi connectivity index (χ1n) is 14.9. The number of benzene rings is 2. The van der Waals surface area contributed by atoms with Crippen molar-refractivity contribution in [1.29, 1.82) is 0 Å². The summed E-state index contributed by atoms with van der Waals surface area (Å²) in [4.78, 5) is 54.4. The largest absolute Gasteiger partial charge is 0.426 e. The van der Waals surface area contributed by atoms with E-state index in [0.29, 0.717) is 30.5 Å². The van der Waals surface area contributed by atoms with Crippen LogP contribution in [0.2, 0.25) is 0 Å². The molecule has 2 N–H and O–H groups in total. The Bertz CT molecular complexity index is 1430. The van der Waals surface area contributed by atoms with Crippen molar-refractivity contribution in [1.82, 2.24) is 15.1 Å². The van der Waals surface area contributed by atoms with Gasteiger partial charge in [-0.25, -0.2) is 4.79 Å². The lowest BCUT2D eigenvalue weighted by Crippen LogP contribution is -2.60. The van der Waals surface area contributed by atoms with E-state index < -0.39 is 54.4 Å². The summed E-state index contributed by atoms with van der Waals surface area (Å²) in [6.07, 6.45) is -0.190. The Morgan fingerprint density at radius 3 is 2.30 bits per heavy atom. The summed E-state index contributed by atoms with van der Waals surface area (Å²) in [5, 5.41) is 5.07. The Kier molecular flexibility index (Phi) is 8.75. The van der Waals surface area contributed by atoms with E-state index in [1.165, 1.54) is 4.90 Å². The van der Waals surface area contributed by atoms with Crippen molar-refractivity contribution in [2.45, 2.75) is 88.3 Å². The van der Waals surface area contributed by atoms with Gasteiger partial charge in [-0.3, -0.25) is 19.7 Å². The van der Waals surface area contributed by atoms with Gasteiger partial charge < -0.3 is 19.9 Å². The fourth-order valence-corrected chi connectivity index (χ4v) is 6.41. The Morgan fingerprint density at radius 1 is 1.02 bits per heavy atom. The van der Waals surface area contributed by atoms with E-state index in [4.69, 9.17) is 4.74 Å². The third kappa shape index (κ3) is 6.04. The van der Waals surface area contributed by atoms with Crippen molar-refractivity contribution in [2.75, 3.05) is 18.9 Å². The highest BCUT2D eigenvalue weighted by Gasteiger charge is 2.60. The molecular weight excluding hydrogens is 577 g/mol. The molecule has 0 unspecified atom stereocenters. The summed E-state index contributed by atoms with van der Waals surface area (Å²) in [7, 11) is 1.56. The summed E-state index contributed by atoms with van der Waals surface area (Å²) in [5.41, 5.74) is -1.71. The fourth-order valence-electron chi connectivity index (χ4n) is 6.41. The van der Waals surface area contributed by atoms with Crippen LogP contribution < -0.4 is 10.6 Å². The van der Waals surface area contributed by atoms with Crippen molar-refractivity contribution in [3.05, 3.63) is 65.2 Å². The number of likely N-dealkylation sites (N-methyl/N-ethyl adjacent to an activating group) is 1. The molecule has 12 heteroatoms. The quantitative estimate of drug-likeness (QED) is 0.330. The van der Waals surface area contributed by atoms with Crippen LogP contribution in [0.15, 0.2) is 48.5 Å². The number of carbonyl (C=O) groups is 4. The first-order chi connectivity index (χ1) is 20.8. The molecule has 2 aromatic rings. The molecule has 1 aliphatic heterocycles. The number of hydrogen-bond donors (Lipinski definition) is 2. The van der Waals surface area contributed by atoms with E-state index >= 15 is 0 Å². The minimum Gasteiger partial charge on any atom is -0.352 e. The Labute approximate surface area is 254 Å². The molecule has 2 aliphatic carbocycles. The van der Waals surface area contributed by atoms with Crippen LogP contribution in [0.4, 0.5) is 23.7 Å². The maximum absolute atomic E-state index is 14.6. The van der Waals surface area contributed by atoms with Gasteiger partial charge in [0.05, 0.1) is 6.61 Å². The number of carbonyl (C=O) groups excluding carboxylic acids is 4. The molecule has 1 heterocycles. The lowest BCUT2D eigenvalue weighted by atomic mass is 9.95. The molecule has 2 atom stereocenters. The molecule has 236 valence electrons. The van der Waals surface area contributed by atoms with E-state index in [2.05, 4.69) is 10.6 Å². The van der Waals surface area contributed by atoms with Crippen LogP contribution in [-0.4, -0.2) is 70.5 Å². The molecular formula is C32H37F3N4O5. The Balaban J connectivity index is 1.35. The topological polar surface area (TPSA) is 108 Å². The zero-order valence-electron chi connectivity index (χ0n) is 24.8. The molecule has 5 rings (SSSR count). The maximum Gasteiger partial charge on any atom is 0.426 e. The highest BCUT2D eigenvalue weighted by molar-refractivity contribution is 6.07. The van der Waals surface area contributed by atoms with Gasteiger partial charge in [0, 0.05) is 31.6 Å². The minimum atomic E-state index is -5.03. The van der Waals surface area contributed by atoms with Crippen LogP contribution in [0, 0.1) is 0 Å². The van der Waals surface area contributed by atoms with Crippen molar-refractivity contribution in [3.8, 4) is 0 Å². The molecule has 1 saturated carbocycles. The van der Waals surface area contributed by atoms with Crippen LogP contribution in [0.25, 0.3) is 0 Å². The summed E-state index contributed by atoms with van der Waals surface area (Å²) in [6, 6.07) is 12.4. The molecule has 2 fully saturated rings. The third-order valence-corrected chi connectivity index (χ3v) is 9.21. The van der Waals surface area contributed by atoms with Crippen LogP contribution in [0.3, 0.4) is 0 Å². The number of amides is 5. The van der Waals surface area contributed by atoms with Gasteiger partial charge in [-0.1, -0.05) is 62.1 Å². The molecule has 1 spiro atoms. The minimum absolute atomic E-state index is 0.259. The second kappa shape index (κ2) is 12.2. The van der Waals surface area contributed by atoms with Gasteiger partial charge in [0.25, 0.3) is 11.8 Å². The van der Waals surface area contributed by atoms with E-state index in [1.807, 2.05) is 0 Å². The Morgan fingerprint density at radius 2 is 1.68 bits per heavy atom. The van der Waals surface area contributed by atoms with Gasteiger partial charge in [-0.15, -0.1) is 0 Å². The SMILES string of the molecule is CN1C(=O)NC(=O)[C@@]12Cc1ccc(NC(=O)CN(C(=O)[C@](C)(OCc3ccccc3)C(F)(F)F)C3CCCCCC3)cc1C2. The van der Waals surface area contributed by atoms with Gasteiger partial charge in [0.1, 0.15) is 12.1 Å². The highest BCUT2D eigenvalue weighted by Crippen LogP contribution is 2.39. The number of ether oxygens (including phenoxy) is 1. The van der Waals surface area contributed by atoms with E-state index in [-0.39, 0.29) is 12.3 Å². The van der Waals surface area contributed by atoms with Crippen molar-refractivity contribution >= 4 is 29.4 Å². The van der Waals surface area contributed by atoms with Gasteiger partial charge in [-0.05, 0) is 48.6 Å². The van der Waals surface area contributed by atoms with Crippen molar-refractivity contribution < 1.29 is 37.1 Å². The second-order valence-corrected chi connectivity index (χ2v) is 12.1. The van der Waals surface area contributed by atoms with E-state index in [9.17, 15) is 32.3 Å². The van der Waals surface area contributed by atoms with Crippen LogP contribution in [-0.2, 0) is 38.6 Å². The average Bonchev–Trinajstić information content (AvgIpc) is 3.30. The molecule has 2 aromatic carbocycles. The third-order valence-electron chi connectivity index (χ3n) is 9.21. The molecule has 0 aromatic heterocycles. The van der Waals surface area contributed by atoms with Crippen molar-refractivity contribution in [3.63, 3.8) is 0 Å². The van der Waals surface area contributed by atoms with E-state index in [0.717, 1.165) is 48.6 Å². The summed E-state index contributed by atoms with van der Waals surface area (Å²) >= 11 is 0. The van der Waals surface area contributed by atoms with E-state index in [1.54, 1.807) is 55.6 Å². The molecule has 3 aliphatic rings. The average molecular weight is 615 g/mol. The zero-order valence-corrected chi connectivity index (χ0v) is 24.8. The Hall–Kier alpha value is -3.93. The second-order valence-electron chi connectivity index (χ2n) is 12.1. The predicted octanol–water partition coefficient (Wildman–Crippen LogP) is 4.73. The highest BCUT2D eigenvalue weighted by atomic mass is 19.4. The number of halogens is 3. The number of rotatable bonds is 8. The van der Waals surface area contributed by atoms with Gasteiger partial charge in [0.15, 0.2) is 0 Å². The molecule has 5 amide bonds. The number of imide groups is 1. The molecule has 0 bridgehead atoms. The molecule has 44 heavy (non-hydrogen) atoms. The number of hydrogen-bond acceptors (Lipinski definition) is 5. The van der Waals surface area contributed by atoms with Crippen LogP contribution >= 0.6 is 0 Å². The van der Waals surface area contributed by atoms with Crippen molar-refractivity contribution in [2.24, 2.45) is 0 Å². The monoisotopic (exact) mass is 614 g/mol. The molecule has 1 saturated heterocycles. The lowest BCUT2D eigenvalue weighted by molar-refractivity contribution is -0.269. The standard InChI is InChI=1S/C32H37F3N4O5/c1-30(32(33,34)35,44-20-21-10-6-5-7-11-21)28(42)39(25-12-8-3-4-9-13-25)19-26(40)36-24-15-14-22-17-31(18-23(22)16-24)27(41)37-29(43)38(31)2/h5-7,10-11,14-16,25H,3-4,8-9,12-13,17-20H2,1-2H3,(H,36,40)(H,37,41,43)/t30-,31-/m0/s1. The molecule has 0 radical (unpaired) electrons. The predicted molar refractivity (Wildman–Crippen MR) is 155 cm³/mol. The summed E-state index contributed by atoms with van der Waals surface area (Å²) in [5.74, 6) is -2.32. The number of anilines is 1. The fraction of sp³-hybridized carbons (Fsp3) is 0.500. The summed E-state index contributed by atoms with van der Waals surface area (Å²) in [6.45, 7) is -0.273. The first-order valence-corrected chi connectivity index (χ1v) is 14.9. The number of alkyl halides is 3. The van der Waals surface area contributed by atoms with Gasteiger partial charge >= 0.3 is 12.2 Å². The summed E-state index contributed by atoms with van der Waals surface area (Å²) < 4.78 is 49.0. The van der Waals surface area contributed by atoms with Gasteiger partial charge in [0.2, 0.25) is 11.5 Å². The normalized spacial score (nSPS) is 21.9. The lowest BCUT2D eigenvalue weighted by Gasteiger charge is -2.39.